The van der Waals surface area contributed by atoms with Gasteiger partial charge in [-0.2, -0.15) is 0 Å². The molecule has 21 heavy (non-hydrogen) atoms. The summed E-state index contributed by atoms with van der Waals surface area (Å²) in [5, 5.41) is 14.8. The van der Waals surface area contributed by atoms with Crippen molar-refractivity contribution in [2.75, 3.05) is 6.54 Å². The number of unbranched alkanes of at least 4 members (excludes halogenated alkanes) is 5. The number of nitrogens with one attached hydrogen (secondary N) is 2. The maximum Gasteiger partial charge on any atom is 0.315 e. The van der Waals surface area contributed by atoms with E-state index in [9.17, 15) is 14.7 Å². The van der Waals surface area contributed by atoms with Crippen molar-refractivity contribution < 1.29 is 14.7 Å². The lowest BCUT2D eigenvalue weighted by Crippen LogP contribution is -2.59. The van der Waals surface area contributed by atoms with Crippen molar-refractivity contribution in [3.8, 4) is 0 Å². The first-order chi connectivity index (χ1) is 9.65. The Morgan fingerprint density at radius 3 is 2.00 bits per heavy atom. The molecule has 0 fully saturated rings. The van der Waals surface area contributed by atoms with Gasteiger partial charge < -0.3 is 15.7 Å². The number of amides is 2. The van der Waals surface area contributed by atoms with Gasteiger partial charge in [0.1, 0.15) is 0 Å². The number of carbonyl (C=O) groups is 2. The Kier molecular flexibility index (Phi) is 8.37. The van der Waals surface area contributed by atoms with Gasteiger partial charge in [-0.05, 0) is 34.1 Å². The minimum Gasteiger partial charge on any atom is -0.481 e. The quantitative estimate of drug-likeness (QED) is 0.540. The molecule has 0 saturated heterocycles. The summed E-state index contributed by atoms with van der Waals surface area (Å²) in [4.78, 5) is 23.1. The molecule has 0 aromatic carbocycles. The maximum absolute atomic E-state index is 11.8. The van der Waals surface area contributed by atoms with E-state index in [0.29, 0.717) is 6.54 Å². The van der Waals surface area contributed by atoms with Crippen molar-refractivity contribution in [1.82, 2.24) is 10.6 Å². The fraction of sp³-hybridized carbons (Fsp3) is 0.875. The van der Waals surface area contributed by atoms with Crippen LogP contribution in [0.25, 0.3) is 0 Å². The van der Waals surface area contributed by atoms with Crippen molar-refractivity contribution in [3.05, 3.63) is 0 Å². The fourth-order valence-electron chi connectivity index (χ4n) is 1.86. The molecule has 0 aliphatic rings. The number of aliphatic carboxylic acids is 1. The summed E-state index contributed by atoms with van der Waals surface area (Å²) in [6.45, 7) is 9.50. The molecule has 0 atom stereocenters. The van der Waals surface area contributed by atoms with Gasteiger partial charge in [-0.25, -0.2) is 4.79 Å². The van der Waals surface area contributed by atoms with Crippen LogP contribution in [0, 0.1) is 5.41 Å². The second-order valence-corrected chi connectivity index (χ2v) is 6.70. The highest BCUT2D eigenvalue weighted by atomic mass is 16.4. The normalized spacial score (nSPS) is 12.0. The van der Waals surface area contributed by atoms with E-state index >= 15 is 0 Å². The first kappa shape index (κ1) is 19.7. The summed E-state index contributed by atoms with van der Waals surface area (Å²) in [5.41, 5.74) is -1.87. The number of carbonyl (C=O) groups excluding carboxylic acids is 1. The number of hydrogen-bond acceptors (Lipinski definition) is 2. The van der Waals surface area contributed by atoms with E-state index in [-0.39, 0.29) is 6.03 Å². The predicted octanol–water partition coefficient (Wildman–Crippen LogP) is 3.54. The Morgan fingerprint density at radius 2 is 1.48 bits per heavy atom. The smallest absolute Gasteiger partial charge is 0.315 e. The summed E-state index contributed by atoms with van der Waals surface area (Å²) in [6, 6.07) is -0.303. The fourth-order valence-corrected chi connectivity index (χ4v) is 1.86. The Balaban J connectivity index is 4.01. The van der Waals surface area contributed by atoms with Crippen LogP contribution in [0.5, 0.6) is 0 Å². The number of rotatable bonds is 10. The van der Waals surface area contributed by atoms with Crippen LogP contribution in [0.4, 0.5) is 4.79 Å². The molecule has 0 radical (unpaired) electrons. The third-order valence-corrected chi connectivity index (χ3v) is 4.34. The molecular formula is C16H32N2O3. The first-order valence-electron chi connectivity index (χ1n) is 7.94. The molecule has 124 valence electrons. The second-order valence-electron chi connectivity index (χ2n) is 6.70. The molecule has 0 bridgehead atoms. The SMILES string of the molecule is CCCCCCCCNC(=O)NC(C)(C)C(C)(C)C(=O)O. The lowest BCUT2D eigenvalue weighted by Gasteiger charge is -2.38. The van der Waals surface area contributed by atoms with Crippen LogP contribution >= 0.6 is 0 Å². The molecule has 0 spiro atoms. The van der Waals surface area contributed by atoms with Gasteiger partial charge in [0.05, 0.1) is 11.0 Å². The standard InChI is InChI=1S/C16H32N2O3/c1-6-7-8-9-10-11-12-17-14(21)18-16(4,5)15(2,3)13(19)20/h6-12H2,1-5H3,(H,19,20)(H2,17,18,21). The van der Waals surface area contributed by atoms with Gasteiger partial charge in [0.15, 0.2) is 0 Å². The van der Waals surface area contributed by atoms with E-state index in [1.54, 1.807) is 27.7 Å². The average Bonchev–Trinajstić information content (AvgIpc) is 2.36. The number of carboxylic acids is 1. The van der Waals surface area contributed by atoms with Crippen LogP contribution in [0.2, 0.25) is 0 Å². The van der Waals surface area contributed by atoms with Gasteiger partial charge in [0, 0.05) is 6.54 Å². The predicted molar refractivity (Wildman–Crippen MR) is 85.4 cm³/mol. The molecule has 0 aliphatic heterocycles. The Bertz CT molecular complexity index is 338. The van der Waals surface area contributed by atoms with Crippen molar-refractivity contribution in [2.45, 2.75) is 78.7 Å². The molecule has 0 saturated carbocycles. The number of hydrogen-bond donors (Lipinski definition) is 3. The van der Waals surface area contributed by atoms with Gasteiger partial charge in [-0.3, -0.25) is 4.79 Å². The summed E-state index contributed by atoms with van der Waals surface area (Å²) < 4.78 is 0. The summed E-state index contributed by atoms with van der Waals surface area (Å²) in [5.74, 6) is -0.927. The monoisotopic (exact) mass is 300 g/mol. The largest absolute Gasteiger partial charge is 0.481 e. The molecule has 0 heterocycles. The highest BCUT2D eigenvalue weighted by molar-refractivity contribution is 5.79. The highest BCUT2D eigenvalue weighted by Gasteiger charge is 2.44. The van der Waals surface area contributed by atoms with Gasteiger partial charge in [0.2, 0.25) is 0 Å². The van der Waals surface area contributed by atoms with Crippen molar-refractivity contribution in [3.63, 3.8) is 0 Å². The molecule has 0 aromatic rings. The lowest BCUT2D eigenvalue weighted by molar-refractivity contribution is -0.150. The average molecular weight is 300 g/mol. The van der Waals surface area contributed by atoms with Crippen LogP contribution in [-0.2, 0) is 4.79 Å². The summed E-state index contributed by atoms with van der Waals surface area (Å²) in [6.07, 6.45) is 7.03. The molecule has 0 unspecified atom stereocenters. The van der Waals surface area contributed by atoms with Crippen molar-refractivity contribution in [2.24, 2.45) is 5.41 Å². The van der Waals surface area contributed by atoms with E-state index in [1.165, 1.54) is 25.7 Å². The third kappa shape index (κ3) is 6.82. The second kappa shape index (κ2) is 8.90. The third-order valence-electron chi connectivity index (χ3n) is 4.34. The van der Waals surface area contributed by atoms with Gasteiger partial charge in [0.25, 0.3) is 0 Å². The molecule has 0 aromatic heterocycles. The van der Waals surface area contributed by atoms with Gasteiger partial charge in [-0.1, -0.05) is 39.0 Å². The first-order valence-corrected chi connectivity index (χ1v) is 7.94. The summed E-state index contributed by atoms with van der Waals surface area (Å²) in [7, 11) is 0. The van der Waals surface area contributed by atoms with Crippen LogP contribution in [0.15, 0.2) is 0 Å². The zero-order valence-electron chi connectivity index (χ0n) is 14.2. The lowest BCUT2D eigenvalue weighted by atomic mass is 9.74. The van der Waals surface area contributed by atoms with E-state index in [4.69, 9.17) is 0 Å². The Hall–Kier alpha value is -1.26. The zero-order valence-corrected chi connectivity index (χ0v) is 14.2. The van der Waals surface area contributed by atoms with Gasteiger partial charge in [-0.15, -0.1) is 0 Å². The van der Waals surface area contributed by atoms with Crippen LogP contribution < -0.4 is 10.6 Å². The molecule has 3 N–H and O–H groups in total. The minimum atomic E-state index is -1.04. The van der Waals surface area contributed by atoms with E-state index in [1.807, 2.05) is 0 Å². The molecular weight excluding hydrogens is 268 g/mol. The molecule has 0 aliphatic carbocycles. The van der Waals surface area contributed by atoms with Gasteiger partial charge >= 0.3 is 12.0 Å². The van der Waals surface area contributed by atoms with Crippen LogP contribution in [0.3, 0.4) is 0 Å². The van der Waals surface area contributed by atoms with E-state index in [2.05, 4.69) is 17.6 Å². The maximum atomic E-state index is 11.8. The molecule has 5 nitrogen and oxygen atoms in total. The summed E-state index contributed by atoms with van der Waals surface area (Å²) >= 11 is 0. The minimum absolute atomic E-state index is 0.303. The molecule has 2 amide bonds. The topological polar surface area (TPSA) is 78.4 Å². The highest BCUT2D eigenvalue weighted by Crippen LogP contribution is 2.30. The van der Waals surface area contributed by atoms with E-state index < -0.39 is 16.9 Å². The molecule has 0 rings (SSSR count). The number of urea groups is 1. The van der Waals surface area contributed by atoms with E-state index in [0.717, 1.165) is 12.8 Å². The van der Waals surface area contributed by atoms with Crippen LogP contribution in [-0.4, -0.2) is 29.2 Å². The number of carboxylic acid groups (broad SMARTS) is 1. The Labute approximate surface area is 128 Å². The van der Waals surface area contributed by atoms with Crippen LogP contribution in [0.1, 0.15) is 73.1 Å². The van der Waals surface area contributed by atoms with Crippen molar-refractivity contribution in [1.29, 1.82) is 0 Å². The van der Waals surface area contributed by atoms with Crippen molar-refractivity contribution >= 4 is 12.0 Å². The Morgan fingerprint density at radius 1 is 0.952 bits per heavy atom. The zero-order chi connectivity index (χ0) is 16.5. The molecule has 5 heteroatoms.